The lowest BCUT2D eigenvalue weighted by atomic mass is 10.6. The van der Waals surface area contributed by atoms with Gasteiger partial charge in [0.2, 0.25) is 0 Å². The van der Waals surface area contributed by atoms with Gasteiger partial charge in [0.1, 0.15) is 6.54 Å². The van der Waals surface area contributed by atoms with Crippen molar-refractivity contribution in [3.8, 4) is 0 Å². The highest BCUT2D eigenvalue weighted by Gasteiger charge is 1.94. The number of rotatable bonds is 6. The van der Waals surface area contributed by atoms with Gasteiger partial charge in [-0.1, -0.05) is 0 Å². The molecule has 64 valence electrons. The summed E-state index contributed by atoms with van der Waals surface area (Å²) in [7, 11) is 1.69. The van der Waals surface area contributed by atoms with E-state index in [-0.39, 0.29) is 0 Å². The minimum absolute atomic E-state index is 0.519. The average Bonchev–Trinajstić information content (AvgIpc) is 1.99. The first-order valence-corrected chi connectivity index (χ1v) is 3.35. The molecule has 2 N–H and O–H groups in total. The monoisotopic (exact) mass is 159 g/mol. The fraction of sp³-hybridized carbons (Fsp3) is 1.00. The minimum Gasteiger partial charge on any atom is -0.376 e. The molecule has 0 aromatic heterocycles. The van der Waals surface area contributed by atoms with Gasteiger partial charge in [-0.25, -0.2) is 5.01 Å². The van der Waals surface area contributed by atoms with Crippen LogP contribution in [0, 0.1) is 0 Å². The highest BCUT2D eigenvalue weighted by atomic mass is 16.5. The van der Waals surface area contributed by atoms with E-state index in [0.717, 1.165) is 0 Å². The van der Waals surface area contributed by atoms with Crippen molar-refractivity contribution in [2.75, 3.05) is 33.4 Å². The maximum Gasteiger partial charge on any atom is 0.111 e. The zero-order chi connectivity index (χ0) is 8.53. The highest BCUT2D eigenvalue weighted by Crippen LogP contribution is 1.83. The first-order valence-electron chi connectivity index (χ1n) is 3.35. The first-order chi connectivity index (χ1) is 5.31. The topological polar surface area (TPSA) is 87.2 Å². The molecule has 0 saturated carbocycles. The van der Waals surface area contributed by atoms with Gasteiger partial charge in [0.05, 0.1) is 20.3 Å². The van der Waals surface area contributed by atoms with Crippen LogP contribution in [0.1, 0.15) is 0 Å². The summed E-state index contributed by atoms with van der Waals surface area (Å²) in [6.07, 6.45) is 0. The molecule has 0 bridgehead atoms. The summed E-state index contributed by atoms with van der Waals surface area (Å²) in [4.78, 5) is 2.61. The third kappa shape index (κ3) is 6.92. The van der Waals surface area contributed by atoms with Gasteiger partial charge in [0, 0.05) is 6.54 Å². The predicted octanol–water partition coefficient (Wildman–Crippen LogP) is 0.119. The Balaban J connectivity index is 3.17. The number of nitrogens with zero attached hydrogens (tertiary/aromatic N) is 4. The van der Waals surface area contributed by atoms with E-state index in [1.807, 2.05) is 0 Å². The molecule has 0 aliphatic heterocycles. The lowest BCUT2D eigenvalue weighted by Gasteiger charge is -2.06. The number of likely N-dealkylation sites (N-methyl/N-ethyl adjacent to an activating group) is 1. The van der Waals surface area contributed by atoms with Gasteiger partial charge in [-0.05, 0) is 5.22 Å². The van der Waals surface area contributed by atoms with Crippen LogP contribution in [0.15, 0.2) is 5.22 Å². The highest BCUT2D eigenvalue weighted by molar-refractivity contribution is 4.44. The summed E-state index contributed by atoms with van der Waals surface area (Å²) in [6, 6.07) is 0. The quantitative estimate of drug-likeness (QED) is 0.196. The smallest absolute Gasteiger partial charge is 0.111 e. The summed E-state index contributed by atoms with van der Waals surface area (Å²) in [5.41, 5.74) is 13.2. The van der Waals surface area contributed by atoms with Crippen molar-refractivity contribution in [1.29, 1.82) is 0 Å². The van der Waals surface area contributed by atoms with Crippen LogP contribution in [0.4, 0.5) is 0 Å². The van der Waals surface area contributed by atoms with Crippen molar-refractivity contribution in [2.24, 2.45) is 11.0 Å². The van der Waals surface area contributed by atoms with E-state index in [2.05, 4.69) is 10.1 Å². The molecule has 0 aromatic carbocycles. The van der Waals surface area contributed by atoms with Crippen LogP contribution in [-0.2, 0) is 4.74 Å². The van der Waals surface area contributed by atoms with Crippen LogP contribution >= 0.6 is 0 Å². The van der Waals surface area contributed by atoms with Crippen molar-refractivity contribution < 1.29 is 4.74 Å². The minimum atomic E-state index is 0.519. The Morgan fingerprint density at radius 2 is 2.36 bits per heavy atom. The van der Waals surface area contributed by atoms with Crippen LogP contribution in [-0.4, -0.2) is 38.4 Å². The molecule has 6 nitrogen and oxygen atoms in total. The standard InChI is InChI=1S/C5H13N5O/c1-10(9-8-7)3-5-11-4-2-6/h2-6H2,1H3. The summed E-state index contributed by atoms with van der Waals surface area (Å²) < 4.78 is 5.05. The lowest BCUT2D eigenvalue weighted by molar-refractivity contribution is 0.118. The summed E-state index contributed by atoms with van der Waals surface area (Å²) in [5.74, 6) is 0. The fourth-order valence-corrected chi connectivity index (χ4v) is 0.495. The molecular weight excluding hydrogens is 146 g/mol. The predicted molar refractivity (Wildman–Crippen MR) is 41.6 cm³/mol. The Labute approximate surface area is 65.5 Å². The zero-order valence-electron chi connectivity index (χ0n) is 6.60. The molecule has 0 aliphatic carbocycles. The Morgan fingerprint density at radius 3 is 2.91 bits per heavy atom. The number of hydrogen-bond acceptors (Lipinski definition) is 3. The van der Waals surface area contributed by atoms with E-state index in [1.165, 1.54) is 5.01 Å². The Hall–Kier alpha value is -0.970. The van der Waals surface area contributed by atoms with Crippen LogP contribution < -0.4 is 5.73 Å². The third-order valence-corrected chi connectivity index (χ3v) is 1.01. The maximum absolute atomic E-state index is 8.00. The molecule has 0 radical (unpaired) electrons. The van der Waals surface area contributed by atoms with E-state index in [4.69, 9.17) is 16.0 Å². The molecule has 6 heteroatoms. The van der Waals surface area contributed by atoms with Crippen LogP contribution in [0.5, 0.6) is 0 Å². The molecule has 0 aromatic rings. The second-order valence-corrected chi connectivity index (χ2v) is 1.96. The Morgan fingerprint density at radius 1 is 1.64 bits per heavy atom. The van der Waals surface area contributed by atoms with Crippen LogP contribution in [0.3, 0.4) is 0 Å². The largest absolute Gasteiger partial charge is 0.376 e. The van der Waals surface area contributed by atoms with Gasteiger partial charge in [0.25, 0.3) is 0 Å². The Kier molecular flexibility index (Phi) is 6.51. The summed E-state index contributed by atoms with van der Waals surface area (Å²) in [5, 5.41) is 4.79. The zero-order valence-corrected chi connectivity index (χ0v) is 6.60. The van der Waals surface area contributed by atoms with Crippen molar-refractivity contribution in [2.45, 2.75) is 0 Å². The van der Waals surface area contributed by atoms with Crippen LogP contribution in [0.25, 0.3) is 10.4 Å². The summed E-state index contributed by atoms with van der Waals surface area (Å²) in [6.45, 7) is 2.19. The van der Waals surface area contributed by atoms with Gasteiger partial charge in [-0.2, -0.15) is 4.91 Å². The third-order valence-electron chi connectivity index (χ3n) is 1.01. The molecule has 0 atom stereocenters. The molecule has 0 amide bonds. The van der Waals surface area contributed by atoms with E-state index < -0.39 is 0 Å². The average molecular weight is 159 g/mol. The molecule has 0 unspecified atom stereocenters. The van der Waals surface area contributed by atoms with E-state index in [1.54, 1.807) is 7.05 Å². The molecule has 0 saturated heterocycles. The first kappa shape index (κ1) is 10.0. The maximum atomic E-state index is 8.00. The van der Waals surface area contributed by atoms with Crippen molar-refractivity contribution in [1.82, 2.24) is 5.01 Å². The number of ether oxygens (including phenoxy) is 1. The Bertz CT molecular complexity index is 133. The van der Waals surface area contributed by atoms with Crippen molar-refractivity contribution in [3.63, 3.8) is 0 Å². The number of hydrogen-bond donors (Lipinski definition) is 1. The van der Waals surface area contributed by atoms with E-state index >= 15 is 0 Å². The fourth-order valence-electron chi connectivity index (χ4n) is 0.495. The van der Waals surface area contributed by atoms with E-state index in [0.29, 0.717) is 26.3 Å². The van der Waals surface area contributed by atoms with Crippen molar-refractivity contribution >= 4 is 0 Å². The van der Waals surface area contributed by atoms with E-state index in [9.17, 15) is 0 Å². The number of nitrogens with two attached hydrogens (primary N) is 1. The van der Waals surface area contributed by atoms with Gasteiger partial charge < -0.3 is 10.5 Å². The van der Waals surface area contributed by atoms with Gasteiger partial charge in [0.15, 0.2) is 0 Å². The lowest BCUT2D eigenvalue weighted by Crippen LogP contribution is -2.18. The molecule has 0 fully saturated rings. The second-order valence-electron chi connectivity index (χ2n) is 1.96. The van der Waals surface area contributed by atoms with Gasteiger partial charge in [-0.15, -0.1) is 5.53 Å². The molecule has 11 heavy (non-hydrogen) atoms. The number of azide groups is 1. The molecule has 0 spiro atoms. The molecule has 0 rings (SSSR count). The molecule has 0 aliphatic rings. The van der Waals surface area contributed by atoms with Crippen molar-refractivity contribution in [3.05, 3.63) is 10.4 Å². The summed E-state index contributed by atoms with van der Waals surface area (Å²) >= 11 is 0. The second kappa shape index (κ2) is 7.14. The van der Waals surface area contributed by atoms with Gasteiger partial charge in [-0.3, -0.25) is 0 Å². The normalized spacial score (nSPS) is 8.91. The molecule has 0 heterocycles. The molecular formula is C5H13N5O. The SMILES string of the molecule is CN(CCOCCN)N=[N+]=[N-]. The van der Waals surface area contributed by atoms with Crippen LogP contribution in [0.2, 0.25) is 0 Å². The van der Waals surface area contributed by atoms with Gasteiger partial charge >= 0.3 is 0 Å².